The van der Waals surface area contributed by atoms with Crippen molar-refractivity contribution in [2.24, 2.45) is 0 Å². The normalized spacial score (nSPS) is 10.8. The molecule has 0 bridgehead atoms. The second kappa shape index (κ2) is 7.45. The van der Waals surface area contributed by atoms with Crippen LogP contribution in [-0.2, 0) is 0 Å². The quantitative estimate of drug-likeness (QED) is 0.634. The van der Waals surface area contributed by atoms with Crippen molar-refractivity contribution in [2.45, 2.75) is 33.6 Å². The maximum atomic E-state index is 5.97. The topological polar surface area (TPSA) is 47.0 Å². The number of rotatable bonds is 6. The number of benzene rings is 1. The predicted octanol–water partition coefficient (Wildman–Crippen LogP) is 4.36. The van der Waals surface area contributed by atoms with Crippen molar-refractivity contribution in [1.29, 1.82) is 0 Å². The number of nitrogens with one attached hydrogen (secondary N) is 1. The lowest BCUT2D eigenvalue weighted by Gasteiger charge is -2.14. The fourth-order valence-electron chi connectivity index (χ4n) is 2.07. The third-order valence-electron chi connectivity index (χ3n) is 3.55. The standard InChI is InChI=1S/C17H22ClN3O/c1-11(2)14-6-5-12(3)15(9-14)22-8-7-19-17-13(4)16(18)20-10-21-17/h5-6,9-11H,7-8H2,1-4H3,(H,19,20,21). The van der Waals surface area contributed by atoms with Gasteiger partial charge in [-0.25, -0.2) is 9.97 Å². The smallest absolute Gasteiger partial charge is 0.137 e. The minimum atomic E-state index is 0.471. The second-order valence-electron chi connectivity index (χ2n) is 5.59. The highest BCUT2D eigenvalue weighted by Crippen LogP contribution is 2.24. The first kappa shape index (κ1) is 16.6. The molecule has 118 valence electrons. The molecular weight excluding hydrogens is 298 g/mol. The molecule has 0 amide bonds. The van der Waals surface area contributed by atoms with E-state index in [4.69, 9.17) is 16.3 Å². The van der Waals surface area contributed by atoms with Gasteiger partial charge in [0.15, 0.2) is 0 Å². The van der Waals surface area contributed by atoms with Crippen LogP contribution in [0.15, 0.2) is 24.5 Å². The van der Waals surface area contributed by atoms with Crippen LogP contribution < -0.4 is 10.1 Å². The van der Waals surface area contributed by atoms with Crippen LogP contribution in [0.1, 0.15) is 36.5 Å². The summed E-state index contributed by atoms with van der Waals surface area (Å²) < 4.78 is 5.88. The number of hydrogen-bond acceptors (Lipinski definition) is 4. The van der Waals surface area contributed by atoms with E-state index in [1.165, 1.54) is 11.9 Å². The number of nitrogens with zero attached hydrogens (tertiary/aromatic N) is 2. The Labute approximate surface area is 136 Å². The molecule has 0 spiro atoms. The second-order valence-corrected chi connectivity index (χ2v) is 5.95. The summed E-state index contributed by atoms with van der Waals surface area (Å²) in [6.45, 7) is 9.52. The number of ether oxygens (including phenoxy) is 1. The minimum absolute atomic E-state index is 0.471. The van der Waals surface area contributed by atoms with Crippen molar-refractivity contribution < 1.29 is 4.74 Å². The molecule has 1 aromatic carbocycles. The Morgan fingerprint density at radius 2 is 2.00 bits per heavy atom. The lowest BCUT2D eigenvalue weighted by molar-refractivity contribution is 0.330. The zero-order valence-corrected chi connectivity index (χ0v) is 14.2. The molecule has 0 saturated heterocycles. The highest BCUT2D eigenvalue weighted by atomic mass is 35.5. The number of aromatic nitrogens is 2. The van der Waals surface area contributed by atoms with Crippen molar-refractivity contribution in [3.63, 3.8) is 0 Å². The van der Waals surface area contributed by atoms with Crippen molar-refractivity contribution in [3.05, 3.63) is 46.4 Å². The summed E-state index contributed by atoms with van der Waals surface area (Å²) in [5.41, 5.74) is 3.28. The van der Waals surface area contributed by atoms with Gasteiger partial charge in [0.25, 0.3) is 0 Å². The van der Waals surface area contributed by atoms with Crippen LogP contribution in [0.2, 0.25) is 5.15 Å². The van der Waals surface area contributed by atoms with Gasteiger partial charge in [-0.3, -0.25) is 0 Å². The van der Waals surface area contributed by atoms with Crippen molar-refractivity contribution >= 4 is 17.4 Å². The van der Waals surface area contributed by atoms with E-state index in [1.54, 1.807) is 0 Å². The van der Waals surface area contributed by atoms with E-state index in [1.807, 2.05) is 6.92 Å². The Bertz CT molecular complexity index is 644. The Morgan fingerprint density at radius 3 is 2.73 bits per heavy atom. The Hall–Kier alpha value is -1.81. The average molecular weight is 320 g/mol. The molecule has 22 heavy (non-hydrogen) atoms. The van der Waals surface area contributed by atoms with Crippen LogP contribution in [0.3, 0.4) is 0 Å². The maximum absolute atomic E-state index is 5.97. The van der Waals surface area contributed by atoms with Crippen LogP contribution in [0.25, 0.3) is 0 Å². The Kier molecular flexibility index (Phi) is 5.61. The summed E-state index contributed by atoms with van der Waals surface area (Å²) >= 11 is 5.97. The molecule has 1 N–H and O–H groups in total. The van der Waals surface area contributed by atoms with Crippen molar-refractivity contribution in [3.8, 4) is 5.75 Å². The molecule has 0 fully saturated rings. The van der Waals surface area contributed by atoms with Crippen LogP contribution in [-0.4, -0.2) is 23.1 Å². The zero-order valence-electron chi connectivity index (χ0n) is 13.5. The zero-order chi connectivity index (χ0) is 16.1. The first-order valence-electron chi connectivity index (χ1n) is 7.43. The summed E-state index contributed by atoms with van der Waals surface area (Å²) in [6.07, 6.45) is 1.45. The van der Waals surface area contributed by atoms with E-state index in [9.17, 15) is 0 Å². The van der Waals surface area contributed by atoms with Gasteiger partial charge in [0.1, 0.15) is 29.7 Å². The summed E-state index contributed by atoms with van der Waals surface area (Å²) in [5, 5.41) is 3.69. The number of aryl methyl sites for hydroxylation is 1. The van der Waals surface area contributed by atoms with E-state index in [2.05, 4.69) is 54.3 Å². The van der Waals surface area contributed by atoms with E-state index >= 15 is 0 Å². The summed E-state index contributed by atoms with van der Waals surface area (Å²) in [6, 6.07) is 6.37. The third kappa shape index (κ3) is 4.10. The molecule has 0 unspecified atom stereocenters. The largest absolute Gasteiger partial charge is 0.491 e. The molecule has 0 aliphatic carbocycles. The molecule has 0 radical (unpaired) electrons. The summed E-state index contributed by atoms with van der Waals surface area (Å²) in [4.78, 5) is 8.11. The fraction of sp³-hybridized carbons (Fsp3) is 0.412. The van der Waals surface area contributed by atoms with Gasteiger partial charge in [-0.2, -0.15) is 0 Å². The molecule has 4 nitrogen and oxygen atoms in total. The van der Waals surface area contributed by atoms with Gasteiger partial charge < -0.3 is 10.1 Å². The first-order valence-corrected chi connectivity index (χ1v) is 7.81. The van der Waals surface area contributed by atoms with Crippen molar-refractivity contribution in [1.82, 2.24) is 9.97 Å². The number of anilines is 1. The van der Waals surface area contributed by atoms with Crippen LogP contribution in [0, 0.1) is 13.8 Å². The van der Waals surface area contributed by atoms with E-state index in [0.717, 1.165) is 22.7 Å². The van der Waals surface area contributed by atoms with Crippen LogP contribution >= 0.6 is 11.6 Å². The molecule has 1 heterocycles. The van der Waals surface area contributed by atoms with Gasteiger partial charge in [-0.1, -0.05) is 37.6 Å². The van der Waals surface area contributed by atoms with Crippen molar-refractivity contribution in [2.75, 3.05) is 18.5 Å². The lowest BCUT2D eigenvalue weighted by Crippen LogP contribution is -2.14. The number of halogens is 1. The average Bonchev–Trinajstić information content (AvgIpc) is 2.49. The van der Waals surface area contributed by atoms with Gasteiger partial charge in [-0.15, -0.1) is 0 Å². The maximum Gasteiger partial charge on any atom is 0.137 e. The molecule has 2 rings (SSSR count). The molecule has 0 atom stereocenters. The van der Waals surface area contributed by atoms with E-state index in [-0.39, 0.29) is 0 Å². The van der Waals surface area contributed by atoms with E-state index in [0.29, 0.717) is 24.2 Å². The predicted molar refractivity (Wildman–Crippen MR) is 91.0 cm³/mol. The molecule has 1 aromatic heterocycles. The molecule has 5 heteroatoms. The summed E-state index contributed by atoms with van der Waals surface area (Å²) in [5.74, 6) is 2.17. The van der Waals surface area contributed by atoms with Gasteiger partial charge in [-0.05, 0) is 37.0 Å². The first-order chi connectivity index (χ1) is 10.5. The van der Waals surface area contributed by atoms with E-state index < -0.39 is 0 Å². The lowest BCUT2D eigenvalue weighted by atomic mass is 10.0. The molecule has 2 aromatic rings. The minimum Gasteiger partial charge on any atom is -0.491 e. The van der Waals surface area contributed by atoms with Gasteiger partial charge in [0.05, 0.1) is 6.54 Å². The van der Waals surface area contributed by atoms with Crippen LogP contribution in [0.5, 0.6) is 5.75 Å². The SMILES string of the molecule is Cc1ccc(C(C)C)cc1OCCNc1ncnc(Cl)c1C. The Balaban J connectivity index is 1.91. The molecule has 0 saturated carbocycles. The van der Waals surface area contributed by atoms with Gasteiger partial charge in [0, 0.05) is 5.56 Å². The molecule has 0 aliphatic heterocycles. The monoisotopic (exact) mass is 319 g/mol. The number of hydrogen-bond donors (Lipinski definition) is 1. The Morgan fingerprint density at radius 1 is 1.23 bits per heavy atom. The molecule has 0 aliphatic rings. The highest BCUT2D eigenvalue weighted by Gasteiger charge is 2.06. The fourth-order valence-corrected chi connectivity index (χ4v) is 2.20. The molecular formula is C17H22ClN3O. The third-order valence-corrected chi connectivity index (χ3v) is 3.93. The summed E-state index contributed by atoms with van der Waals surface area (Å²) in [7, 11) is 0. The van der Waals surface area contributed by atoms with Crippen LogP contribution in [0.4, 0.5) is 5.82 Å². The van der Waals surface area contributed by atoms with Gasteiger partial charge in [0.2, 0.25) is 0 Å². The van der Waals surface area contributed by atoms with Gasteiger partial charge >= 0.3 is 0 Å². The highest BCUT2D eigenvalue weighted by molar-refractivity contribution is 6.30.